The van der Waals surface area contributed by atoms with Gasteiger partial charge in [-0.2, -0.15) is 0 Å². The molecule has 1 heterocycles. The van der Waals surface area contributed by atoms with Gasteiger partial charge in [0.15, 0.2) is 0 Å². The average molecular weight is 191 g/mol. The van der Waals surface area contributed by atoms with Crippen molar-refractivity contribution in [2.24, 2.45) is 11.8 Å². The van der Waals surface area contributed by atoms with Crippen molar-refractivity contribution in [3.8, 4) is 0 Å². The number of hydrogen-bond acceptors (Lipinski definition) is 1. The third-order valence-corrected chi connectivity index (χ3v) is 3.20. The Morgan fingerprint density at radius 1 is 1.31 bits per heavy atom. The summed E-state index contributed by atoms with van der Waals surface area (Å²) >= 11 is 0. The van der Waals surface area contributed by atoms with E-state index in [-0.39, 0.29) is 0 Å². The molecule has 1 rings (SSSR count). The van der Waals surface area contributed by atoms with Crippen molar-refractivity contribution in [2.45, 2.75) is 39.2 Å². The van der Waals surface area contributed by atoms with Crippen LogP contribution in [0.5, 0.6) is 0 Å². The van der Waals surface area contributed by atoms with E-state index in [4.69, 9.17) is 0 Å². The predicted octanol–water partition coefficient (Wildman–Crippen LogP) is 2.62. The fourth-order valence-electron chi connectivity index (χ4n) is 2.04. The summed E-state index contributed by atoms with van der Waals surface area (Å²) in [6, 6.07) is -0.513. The second-order valence-corrected chi connectivity index (χ2v) is 4.41. The minimum atomic E-state index is -2.19. The Kier molecular flexibility index (Phi) is 3.65. The summed E-state index contributed by atoms with van der Waals surface area (Å²) in [7, 11) is 1.80. The van der Waals surface area contributed by atoms with Gasteiger partial charge < -0.3 is 0 Å². The number of likely N-dealkylation sites (tertiary alicyclic amines) is 1. The largest absolute Gasteiger partial charge is 0.298 e. The Balaban J connectivity index is 2.53. The molecule has 78 valence electrons. The quantitative estimate of drug-likeness (QED) is 0.648. The molecule has 0 amide bonds. The zero-order valence-corrected chi connectivity index (χ0v) is 8.63. The van der Waals surface area contributed by atoms with Crippen molar-refractivity contribution in [2.75, 3.05) is 13.6 Å². The summed E-state index contributed by atoms with van der Waals surface area (Å²) in [4.78, 5) is 1.80. The highest BCUT2D eigenvalue weighted by molar-refractivity contribution is 4.82. The van der Waals surface area contributed by atoms with Gasteiger partial charge in [0.1, 0.15) is 0 Å². The first kappa shape index (κ1) is 10.9. The molecule has 13 heavy (non-hydrogen) atoms. The van der Waals surface area contributed by atoms with E-state index in [0.29, 0.717) is 18.3 Å². The van der Waals surface area contributed by atoms with E-state index in [0.717, 1.165) is 13.0 Å². The van der Waals surface area contributed by atoms with Gasteiger partial charge in [-0.25, -0.2) is 8.78 Å². The highest BCUT2D eigenvalue weighted by atomic mass is 19.3. The third-order valence-electron chi connectivity index (χ3n) is 3.20. The van der Waals surface area contributed by atoms with E-state index in [1.165, 1.54) is 0 Å². The minimum absolute atomic E-state index is 0.482. The summed E-state index contributed by atoms with van der Waals surface area (Å²) in [6.07, 6.45) is -0.463. The van der Waals surface area contributed by atoms with Crippen LogP contribution < -0.4 is 0 Å². The van der Waals surface area contributed by atoms with Crippen LogP contribution in [0.4, 0.5) is 8.78 Å². The molecule has 3 heteroatoms. The van der Waals surface area contributed by atoms with Crippen LogP contribution in [-0.2, 0) is 0 Å². The van der Waals surface area contributed by atoms with Crippen molar-refractivity contribution in [1.82, 2.24) is 4.90 Å². The summed E-state index contributed by atoms with van der Waals surface area (Å²) in [5, 5.41) is 0. The smallest absolute Gasteiger partial charge is 0.253 e. The van der Waals surface area contributed by atoms with Crippen molar-refractivity contribution < 1.29 is 8.78 Å². The zero-order chi connectivity index (χ0) is 10.0. The van der Waals surface area contributed by atoms with Crippen LogP contribution in [0.3, 0.4) is 0 Å². The van der Waals surface area contributed by atoms with Gasteiger partial charge in [0.25, 0.3) is 6.43 Å². The van der Waals surface area contributed by atoms with Crippen LogP contribution >= 0.6 is 0 Å². The standard InChI is InChI=1S/C10H19F2N/c1-7(2)8-4-5-13(3)9(6-8)10(11)12/h7-10H,4-6H2,1-3H3. The van der Waals surface area contributed by atoms with Gasteiger partial charge in [0.05, 0.1) is 6.04 Å². The van der Waals surface area contributed by atoms with Crippen LogP contribution in [0.15, 0.2) is 0 Å². The lowest BCUT2D eigenvalue weighted by Crippen LogP contribution is -2.45. The maximum absolute atomic E-state index is 12.6. The Morgan fingerprint density at radius 3 is 2.38 bits per heavy atom. The molecule has 0 saturated carbocycles. The molecule has 0 aromatic carbocycles. The molecule has 1 fully saturated rings. The lowest BCUT2D eigenvalue weighted by atomic mass is 9.83. The fourth-order valence-corrected chi connectivity index (χ4v) is 2.04. The van der Waals surface area contributed by atoms with Crippen LogP contribution in [-0.4, -0.2) is 31.0 Å². The number of halogens is 2. The first-order valence-electron chi connectivity index (χ1n) is 5.00. The van der Waals surface area contributed by atoms with Gasteiger partial charge in [0, 0.05) is 0 Å². The molecule has 0 spiro atoms. The normalized spacial score (nSPS) is 31.6. The van der Waals surface area contributed by atoms with Crippen LogP contribution in [0.25, 0.3) is 0 Å². The van der Waals surface area contributed by atoms with Gasteiger partial charge in [0.2, 0.25) is 0 Å². The van der Waals surface area contributed by atoms with Gasteiger partial charge in [-0.15, -0.1) is 0 Å². The number of rotatable bonds is 2. The molecular weight excluding hydrogens is 172 g/mol. The molecule has 1 aliphatic heterocycles. The van der Waals surface area contributed by atoms with E-state index in [9.17, 15) is 8.78 Å². The molecule has 2 unspecified atom stereocenters. The summed E-state index contributed by atoms with van der Waals surface area (Å²) in [5.74, 6) is 1.02. The van der Waals surface area contributed by atoms with E-state index < -0.39 is 12.5 Å². The maximum atomic E-state index is 12.6. The van der Waals surface area contributed by atoms with Crippen molar-refractivity contribution in [3.63, 3.8) is 0 Å². The topological polar surface area (TPSA) is 3.24 Å². The summed E-state index contributed by atoms with van der Waals surface area (Å²) in [6.45, 7) is 5.06. The monoisotopic (exact) mass is 191 g/mol. The average Bonchev–Trinajstić information content (AvgIpc) is 2.04. The Hall–Kier alpha value is -0.180. The molecule has 1 saturated heterocycles. The Morgan fingerprint density at radius 2 is 1.92 bits per heavy atom. The number of alkyl halides is 2. The van der Waals surface area contributed by atoms with E-state index in [1.54, 1.807) is 11.9 Å². The van der Waals surface area contributed by atoms with E-state index in [2.05, 4.69) is 13.8 Å². The molecule has 1 aliphatic rings. The molecule has 0 bridgehead atoms. The SMILES string of the molecule is CC(C)C1CCN(C)C(C(F)F)C1. The predicted molar refractivity (Wildman–Crippen MR) is 50.0 cm³/mol. The van der Waals surface area contributed by atoms with Gasteiger partial charge in [-0.1, -0.05) is 13.8 Å². The third kappa shape index (κ3) is 2.63. The van der Waals surface area contributed by atoms with E-state index >= 15 is 0 Å². The van der Waals surface area contributed by atoms with Crippen molar-refractivity contribution >= 4 is 0 Å². The molecule has 0 aliphatic carbocycles. The molecule has 0 aromatic rings. The highest BCUT2D eigenvalue weighted by Gasteiger charge is 2.33. The molecule has 0 N–H and O–H groups in total. The second kappa shape index (κ2) is 4.36. The van der Waals surface area contributed by atoms with Crippen LogP contribution in [0, 0.1) is 11.8 Å². The Labute approximate surface area is 79.1 Å². The van der Waals surface area contributed by atoms with Gasteiger partial charge >= 0.3 is 0 Å². The van der Waals surface area contributed by atoms with Crippen LogP contribution in [0.2, 0.25) is 0 Å². The number of nitrogens with zero attached hydrogens (tertiary/aromatic N) is 1. The zero-order valence-electron chi connectivity index (χ0n) is 8.63. The number of hydrogen-bond donors (Lipinski definition) is 0. The summed E-state index contributed by atoms with van der Waals surface area (Å²) < 4.78 is 25.1. The lowest BCUT2D eigenvalue weighted by Gasteiger charge is -2.38. The fraction of sp³-hybridized carbons (Fsp3) is 1.00. The van der Waals surface area contributed by atoms with Crippen molar-refractivity contribution in [3.05, 3.63) is 0 Å². The second-order valence-electron chi connectivity index (χ2n) is 4.41. The first-order chi connectivity index (χ1) is 6.02. The summed E-state index contributed by atoms with van der Waals surface area (Å²) in [5.41, 5.74) is 0. The highest BCUT2D eigenvalue weighted by Crippen LogP contribution is 2.30. The minimum Gasteiger partial charge on any atom is -0.298 e. The molecular formula is C10H19F2N. The molecule has 2 atom stereocenters. The van der Waals surface area contributed by atoms with Gasteiger partial charge in [-0.05, 0) is 38.3 Å². The first-order valence-corrected chi connectivity index (χ1v) is 5.00. The maximum Gasteiger partial charge on any atom is 0.253 e. The molecule has 1 nitrogen and oxygen atoms in total. The number of piperidine rings is 1. The van der Waals surface area contributed by atoms with E-state index in [1.807, 2.05) is 0 Å². The molecule has 0 radical (unpaired) electrons. The lowest BCUT2D eigenvalue weighted by molar-refractivity contribution is -0.00465. The molecule has 0 aromatic heterocycles. The Bertz CT molecular complexity index is 159. The van der Waals surface area contributed by atoms with Crippen molar-refractivity contribution in [1.29, 1.82) is 0 Å². The van der Waals surface area contributed by atoms with Gasteiger partial charge in [-0.3, -0.25) is 4.90 Å². The van der Waals surface area contributed by atoms with Crippen LogP contribution in [0.1, 0.15) is 26.7 Å².